The number of hydrogen-bond acceptors (Lipinski definition) is 2. The van der Waals surface area contributed by atoms with Crippen molar-refractivity contribution in [2.45, 2.75) is 89.4 Å². The highest BCUT2D eigenvalue weighted by Crippen LogP contribution is 2.73. The summed E-state index contributed by atoms with van der Waals surface area (Å²) in [5.74, 6) is 2.86. The maximum atomic E-state index is 6.50. The molecular formula is C20H32O2. The van der Waals surface area contributed by atoms with Crippen LogP contribution in [0.15, 0.2) is 0 Å². The molecule has 4 aliphatic carbocycles. The van der Waals surface area contributed by atoms with Gasteiger partial charge in [0, 0.05) is 18.9 Å². The molecule has 0 N–H and O–H groups in total. The summed E-state index contributed by atoms with van der Waals surface area (Å²) in [5, 5.41) is 0. The van der Waals surface area contributed by atoms with E-state index >= 15 is 0 Å². The van der Waals surface area contributed by atoms with E-state index in [0.717, 1.165) is 24.2 Å². The lowest BCUT2D eigenvalue weighted by Crippen LogP contribution is -2.58. The zero-order valence-corrected chi connectivity index (χ0v) is 14.6. The van der Waals surface area contributed by atoms with Crippen LogP contribution in [0, 0.1) is 28.6 Å². The quantitative estimate of drug-likeness (QED) is 0.662. The lowest BCUT2D eigenvalue weighted by molar-refractivity contribution is -0.113. The Morgan fingerprint density at radius 1 is 1.00 bits per heavy atom. The molecule has 1 heterocycles. The van der Waals surface area contributed by atoms with Crippen LogP contribution in [0.1, 0.15) is 71.6 Å². The number of epoxide rings is 1. The summed E-state index contributed by atoms with van der Waals surface area (Å²) in [7, 11) is 1.89. The lowest BCUT2D eigenvalue weighted by atomic mass is 9.45. The summed E-state index contributed by atoms with van der Waals surface area (Å²) >= 11 is 0. The Labute approximate surface area is 135 Å². The number of methoxy groups -OCH3 is 1. The molecule has 124 valence electrons. The van der Waals surface area contributed by atoms with E-state index in [1.165, 1.54) is 51.4 Å². The fourth-order valence-electron chi connectivity index (χ4n) is 7.83. The molecule has 0 aromatic carbocycles. The molecule has 0 radical (unpaired) electrons. The number of hydrogen-bond donors (Lipinski definition) is 0. The summed E-state index contributed by atoms with van der Waals surface area (Å²) in [5.41, 5.74) is 1.29. The molecule has 1 aliphatic heterocycles. The van der Waals surface area contributed by atoms with Crippen molar-refractivity contribution in [2.75, 3.05) is 7.11 Å². The van der Waals surface area contributed by atoms with Gasteiger partial charge in [0.2, 0.25) is 0 Å². The molecule has 8 atom stereocenters. The van der Waals surface area contributed by atoms with Crippen LogP contribution in [0.4, 0.5) is 0 Å². The van der Waals surface area contributed by atoms with Crippen molar-refractivity contribution in [1.29, 1.82) is 0 Å². The molecule has 22 heavy (non-hydrogen) atoms. The second-order valence-corrected chi connectivity index (χ2v) is 9.71. The molecule has 5 fully saturated rings. The highest BCUT2D eigenvalue weighted by molar-refractivity contribution is 5.23. The Kier molecular flexibility index (Phi) is 2.79. The maximum absolute atomic E-state index is 6.50. The SMILES string of the molecule is COC1CCC2(C)C3CCC4(C)CCCC4C3CC3OC32C1. The molecule has 0 bridgehead atoms. The van der Waals surface area contributed by atoms with Gasteiger partial charge >= 0.3 is 0 Å². The monoisotopic (exact) mass is 304 g/mol. The first kappa shape index (κ1) is 14.3. The minimum Gasteiger partial charge on any atom is -0.381 e. The van der Waals surface area contributed by atoms with E-state index in [9.17, 15) is 0 Å². The van der Waals surface area contributed by atoms with Crippen LogP contribution in [-0.4, -0.2) is 24.9 Å². The van der Waals surface area contributed by atoms with Crippen molar-refractivity contribution >= 4 is 0 Å². The van der Waals surface area contributed by atoms with E-state index in [2.05, 4.69) is 13.8 Å². The van der Waals surface area contributed by atoms with Crippen molar-refractivity contribution in [3.63, 3.8) is 0 Å². The third-order valence-corrected chi connectivity index (χ3v) is 9.15. The molecule has 5 aliphatic rings. The number of ether oxygens (including phenoxy) is 2. The zero-order chi connectivity index (χ0) is 15.2. The third-order valence-electron chi connectivity index (χ3n) is 9.15. The Morgan fingerprint density at radius 3 is 2.68 bits per heavy atom. The second-order valence-electron chi connectivity index (χ2n) is 9.71. The molecule has 8 unspecified atom stereocenters. The summed E-state index contributed by atoms with van der Waals surface area (Å²) < 4.78 is 12.2. The highest BCUT2D eigenvalue weighted by atomic mass is 16.6. The second kappa shape index (κ2) is 4.30. The first-order valence-corrected chi connectivity index (χ1v) is 9.73. The molecule has 1 spiro atoms. The summed E-state index contributed by atoms with van der Waals surface area (Å²) in [6.07, 6.45) is 13.5. The first-order chi connectivity index (χ1) is 10.5. The van der Waals surface area contributed by atoms with Crippen molar-refractivity contribution in [1.82, 2.24) is 0 Å². The van der Waals surface area contributed by atoms with Crippen molar-refractivity contribution in [3.05, 3.63) is 0 Å². The minimum atomic E-state index is 0.194. The smallest absolute Gasteiger partial charge is 0.103 e. The first-order valence-electron chi connectivity index (χ1n) is 9.73. The Balaban J connectivity index is 1.49. The summed E-state index contributed by atoms with van der Waals surface area (Å²) in [4.78, 5) is 0. The third kappa shape index (κ3) is 1.55. The van der Waals surface area contributed by atoms with Crippen molar-refractivity contribution in [2.24, 2.45) is 28.6 Å². The van der Waals surface area contributed by atoms with Crippen LogP contribution in [0.2, 0.25) is 0 Å². The van der Waals surface area contributed by atoms with Gasteiger partial charge < -0.3 is 9.47 Å². The lowest BCUT2D eigenvalue weighted by Gasteiger charge is -2.58. The number of rotatable bonds is 1. The molecule has 0 aromatic heterocycles. The van der Waals surface area contributed by atoms with Crippen LogP contribution >= 0.6 is 0 Å². The van der Waals surface area contributed by atoms with Crippen LogP contribution in [0.3, 0.4) is 0 Å². The average molecular weight is 304 g/mol. The van der Waals surface area contributed by atoms with E-state index in [-0.39, 0.29) is 5.60 Å². The van der Waals surface area contributed by atoms with Gasteiger partial charge in [-0.1, -0.05) is 20.3 Å². The van der Waals surface area contributed by atoms with Crippen LogP contribution in [0.5, 0.6) is 0 Å². The van der Waals surface area contributed by atoms with E-state index in [4.69, 9.17) is 9.47 Å². The minimum absolute atomic E-state index is 0.194. The molecule has 0 amide bonds. The molecule has 2 heteroatoms. The van der Waals surface area contributed by atoms with Crippen LogP contribution in [-0.2, 0) is 9.47 Å². The zero-order valence-electron chi connectivity index (χ0n) is 14.6. The standard InChI is InChI=1S/C20H32O2/c1-18-8-4-5-15(18)14-11-17-20(22-17)12-13(21-3)6-10-19(20,2)16(14)7-9-18/h13-17H,4-12H2,1-3H3. The van der Waals surface area contributed by atoms with Gasteiger partial charge in [0.25, 0.3) is 0 Å². The van der Waals surface area contributed by atoms with Crippen molar-refractivity contribution < 1.29 is 9.47 Å². The van der Waals surface area contributed by atoms with Gasteiger partial charge in [-0.3, -0.25) is 0 Å². The van der Waals surface area contributed by atoms with Gasteiger partial charge in [-0.25, -0.2) is 0 Å². The highest BCUT2D eigenvalue weighted by Gasteiger charge is 2.75. The van der Waals surface area contributed by atoms with Gasteiger partial charge in [-0.2, -0.15) is 0 Å². The average Bonchev–Trinajstić information content (AvgIpc) is 3.05. The topological polar surface area (TPSA) is 21.8 Å². The van der Waals surface area contributed by atoms with Crippen LogP contribution < -0.4 is 0 Å². The van der Waals surface area contributed by atoms with E-state index in [1.807, 2.05) is 7.11 Å². The van der Waals surface area contributed by atoms with E-state index in [1.54, 1.807) is 0 Å². The summed E-state index contributed by atoms with van der Waals surface area (Å²) in [6.45, 7) is 5.19. The molecule has 0 aromatic rings. The normalized spacial score (nSPS) is 62.6. The van der Waals surface area contributed by atoms with Gasteiger partial charge in [0.15, 0.2) is 0 Å². The molecular weight excluding hydrogens is 272 g/mol. The van der Waals surface area contributed by atoms with Gasteiger partial charge in [-0.15, -0.1) is 0 Å². The molecule has 1 saturated heterocycles. The molecule has 2 nitrogen and oxygen atoms in total. The largest absolute Gasteiger partial charge is 0.381 e. The summed E-state index contributed by atoms with van der Waals surface area (Å²) in [6, 6.07) is 0. The Hall–Kier alpha value is -0.0800. The predicted molar refractivity (Wildman–Crippen MR) is 86.6 cm³/mol. The van der Waals surface area contributed by atoms with Gasteiger partial charge in [-0.05, 0) is 68.1 Å². The van der Waals surface area contributed by atoms with E-state index in [0.29, 0.717) is 23.0 Å². The predicted octanol–water partition coefficient (Wildman–Crippen LogP) is 4.57. The molecule has 5 rings (SSSR count). The van der Waals surface area contributed by atoms with Gasteiger partial charge in [0.1, 0.15) is 5.60 Å². The fourth-order valence-corrected chi connectivity index (χ4v) is 7.83. The molecule has 4 saturated carbocycles. The Bertz CT molecular complexity index is 490. The Morgan fingerprint density at radius 2 is 1.86 bits per heavy atom. The van der Waals surface area contributed by atoms with Crippen molar-refractivity contribution in [3.8, 4) is 0 Å². The van der Waals surface area contributed by atoms with E-state index < -0.39 is 0 Å². The van der Waals surface area contributed by atoms with Gasteiger partial charge in [0.05, 0.1) is 12.2 Å². The fraction of sp³-hybridized carbons (Fsp3) is 1.00. The van der Waals surface area contributed by atoms with Crippen LogP contribution in [0.25, 0.3) is 0 Å². The maximum Gasteiger partial charge on any atom is 0.103 e. The number of fused-ring (bicyclic) bond motifs is 4.